The molecule has 2 aliphatic heterocycles. The molecule has 30 heavy (non-hydrogen) atoms. The number of benzene rings is 1. The standard InChI is InChI=1S/C22H20N4O3S/c1-12-10-15(13(2)25(12)16-8-6-5-7-9-16)11-17-19(23)26-14(3)18(21(28)29-4)30-22(26)24-20(17)27/h5-11,23H,1-4H3/b17-11-,23-19?. The van der Waals surface area contributed by atoms with Crippen molar-refractivity contribution >= 4 is 40.7 Å². The molecule has 8 heteroatoms. The van der Waals surface area contributed by atoms with Crippen LogP contribution in [0.25, 0.3) is 11.8 Å². The number of thioether (sulfide) groups is 1. The number of methoxy groups -OCH3 is 1. The van der Waals surface area contributed by atoms with Gasteiger partial charge in [-0.15, -0.1) is 0 Å². The topological polar surface area (TPSA) is 87.8 Å². The molecular formula is C22H20N4O3S. The minimum atomic E-state index is -0.508. The minimum Gasteiger partial charge on any atom is -0.465 e. The summed E-state index contributed by atoms with van der Waals surface area (Å²) in [6.45, 7) is 5.69. The summed E-state index contributed by atoms with van der Waals surface area (Å²) in [7, 11) is 1.30. The summed E-state index contributed by atoms with van der Waals surface area (Å²) >= 11 is 1.05. The van der Waals surface area contributed by atoms with Crippen molar-refractivity contribution in [2.24, 2.45) is 4.99 Å². The zero-order valence-electron chi connectivity index (χ0n) is 17.0. The molecule has 0 unspecified atom stereocenters. The Kier molecular flexibility index (Phi) is 4.95. The number of amidine groups is 2. The van der Waals surface area contributed by atoms with Crippen LogP contribution in [0.3, 0.4) is 0 Å². The van der Waals surface area contributed by atoms with Crippen molar-refractivity contribution < 1.29 is 14.3 Å². The van der Waals surface area contributed by atoms with Gasteiger partial charge >= 0.3 is 5.97 Å². The molecule has 0 spiro atoms. The number of allylic oxidation sites excluding steroid dienone is 1. The first-order chi connectivity index (χ1) is 14.3. The molecule has 2 aliphatic rings. The predicted molar refractivity (Wildman–Crippen MR) is 118 cm³/mol. The van der Waals surface area contributed by atoms with Gasteiger partial charge in [-0.3, -0.25) is 15.1 Å². The van der Waals surface area contributed by atoms with Crippen molar-refractivity contribution in [3.8, 4) is 5.69 Å². The number of fused-ring (bicyclic) bond motifs is 1. The molecule has 0 atom stereocenters. The average Bonchev–Trinajstić information content (AvgIpc) is 3.20. The summed E-state index contributed by atoms with van der Waals surface area (Å²) in [4.78, 5) is 30.6. The highest BCUT2D eigenvalue weighted by Crippen LogP contribution is 2.38. The number of hydrogen-bond acceptors (Lipinski definition) is 5. The maximum Gasteiger partial charge on any atom is 0.346 e. The largest absolute Gasteiger partial charge is 0.465 e. The van der Waals surface area contributed by atoms with Crippen molar-refractivity contribution in [2.45, 2.75) is 20.8 Å². The second-order valence-corrected chi connectivity index (χ2v) is 7.92. The van der Waals surface area contributed by atoms with Crippen molar-refractivity contribution in [1.29, 1.82) is 5.41 Å². The fourth-order valence-electron chi connectivity index (χ4n) is 3.64. The van der Waals surface area contributed by atoms with E-state index in [0.29, 0.717) is 15.8 Å². The number of hydrogen-bond donors (Lipinski definition) is 1. The molecule has 0 radical (unpaired) electrons. The second-order valence-electron chi connectivity index (χ2n) is 6.95. The maximum absolute atomic E-state index is 12.7. The summed E-state index contributed by atoms with van der Waals surface area (Å²) in [5.41, 5.74) is 4.55. The highest BCUT2D eigenvalue weighted by atomic mass is 32.2. The zero-order valence-corrected chi connectivity index (χ0v) is 17.8. The lowest BCUT2D eigenvalue weighted by Gasteiger charge is -2.25. The van der Waals surface area contributed by atoms with Crippen LogP contribution in [0.1, 0.15) is 23.9 Å². The van der Waals surface area contributed by atoms with Gasteiger partial charge in [-0.05, 0) is 62.4 Å². The number of aliphatic imine (C=N–C) groups is 1. The number of nitrogens with zero attached hydrogens (tertiary/aromatic N) is 3. The molecular weight excluding hydrogens is 400 g/mol. The molecule has 0 saturated carbocycles. The monoisotopic (exact) mass is 420 g/mol. The first-order valence-electron chi connectivity index (χ1n) is 9.28. The van der Waals surface area contributed by atoms with E-state index in [2.05, 4.69) is 9.56 Å². The van der Waals surface area contributed by atoms with Crippen LogP contribution in [-0.4, -0.2) is 39.5 Å². The second kappa shape index (κ2) is 7.46. The van der Waals surface area contributed by atoms with Crippen LogP contribution >= 0.6 is 11.8 Å². The number of aromatic nitrogens is 1. The van der Waals surface area contributed by atoms with Gasteiger partial charge in [0, 0.05) is 22.8 Å². The number of amides is 1. The number of rotatable bonds is 3. The fraction of sp³-hybridized carbons (Fsp3) is 0.182. The molecule has 1 amide bonds. The molecule has 3 heterocycles. The van der Waals surface area contributed by atoms with Crippen LogP contribution in [-0.2, 0) is 14.3 Å². The van der Waals surface area contributed by atoms with Gasteiger partial charge in [0.2, 0.25) is 0 Å². The van der Waals surface area contributed by atoms with Gasteiger partial charge in [0.15, 0.2) is 5.17 Å². The van der Waals surface area contributed by atoms with Gasteiger partial charge in [-0.25, -0.2) is 4.79 Å². The predicted octanol–water partition coefficient (Wildman–Crippen LogP) is 3.80. The summed E-state index contributed by atoms with van der Waals surface area (Å²) in [5, 5.41) is 8.92. The Balaban J connectivity index is 1.76. The van der Waals surface area contributed by atoms with E-state index in [-0.39, 0.29) is 11.4 Å². The number of nitrogens with one attached hydrogen (secondary N) is 1. The number of para-hydroxylation sites is 1. The summed E-state index contributed by atoms with van der Waals surface area (Å²) in [6.07, 6.45) is 1.70. The Morgan fingerprint density at radius 3 is 2.57 bits per heavy atom. The molecule has 0 aliphatic carbocycles. The Labute approximate surface area is 178 Å². The van der Waals surface area contributed by atoms with Gasteiger partial charge in [0.25, 0.3) is 5.91 Å². The van der Waals surface area contributed by atoms with E-state index < -0.39 is 11.9 Å². The highest BCUT2D eigenvalue weighted by Gasteiger charge is 2.40. The zero-order chi connectivity index (χ0) is 21.6. The van der Waals surface area contributed by atoms with Crippen molar-refractivity contribution in [2.75, 3.05) is 7.11 Å². The summed E-state index contributed by atoms with van der Waals surface area (Å²) in [6, 6.07) is 11.9. The molecule has 0 fully saturated rings. The van der Waals surface area contributed by atoms with Crippen LogP contribution < -0.4 is 0 Å². The summed E-state index contributed by atoms with van der Waals surface area (Å²) in [5.74, 6) is -1.01. The first kappa shape index (κ1) is 19.9. The van der Waals surface area contributed by atoms with Crippen LogP contribution in [0.15, 0.2) is 57.6 Å². The van der Waals surface area contributed by atoms with Gasteiger partial charge < -0.3 is 9.30 Å². The number of carbonyl (C=O) groups is 2. The molecule has 7 nitrogen and oxygen atoms in total. The van der Waals surface area contributed by atoms with Crippen LogP contribution in [0.2, 0.25) is 0 Å². The maximum atomic E-state index is 12.7. The Bertz CT molecular complexity index is 1190. The van der Waals surface area contributed by atoms with Crippen molar-refractivity contribution in [3.05, 3.63) is 69.5 Å². The third-order valence-electron chi connectivity index (χ3n) is 5.11. The van der Waals surface area contributed by atoms with Crippen molar-refractivity contribution in [1.82, 2.24) is 9.47 Å². The quantitative estimate of drug-likeness (QED) is 0.603. The lowest BCUT2D eigenvalue weighted by molar-refractivity contribution is -0.135. The van der Waals surface area contributed by atoms with Gasteiger partial charge in [-0.2, -0.15) is 4.99 Å². The van der Waals surface area contributed by atoms with E-state index in [9.17, 15) is 9.59 Å². The van der Waals surface area contributed by atoms with E-state index in [0.717, 1.165) is 34.4 Å². The molecule has 1 N–H and O–H groups in total. The third kappa shape index (κ3) is 3.09. The van der Waals surface area contributed by atoms with Gasteiger partial charge in [0.05, 0.1) is 12.7 Å². The molecule has 0 saturated heterocycles. The molecule has 152 valence electrons. The van der Waals surface area contributed by atoms with E-state index in [1.165, 1.54) is 12.0 Å². The molecule has 4 rings (SSSR count). The van der Waals surface area contributed by atoms with Crippen molar-refractivity contribution in [3.63, 3.8) is 0 Å². The first-order valence-corrected chi connectivity index (χ1v) is 10.1. The smallest absolute Gasteiger partial charge is 0.346 e. The number of esters is 1. The molecule has 0 bridgehead atoms. The Morgan fingerprint density at radius 2 is 1.90 bits per heavy atom. The number of carbonyl (C=O) groups excluding carboxylic acids is 2. The van der Waals surface area contributed by atoms with Crippen LogP contribution in [0.5, 0.6) is 0 Å². The van der Waals surface area contributed by atoms with Gasteiger partial charge in [-0.1, -0.05) is 18.2 Å². The van der Waals surface area contributed by atoms with Crippen LogP contribution in [0.4, 0.5) is 0 Å². The minimum absolute atomic E-state index is 0.00147. The molecule has 1 aromatic heterocycles. The molecule has 2 aromatic rings. The van der Waals surface area contributed by atoms with Crippen LogP contribution in [0, 0.1) is 19.3 Å². The molecule has 1 aromatic carbocycles. The Morgan fingerprint density at radius 1 is 1.20 bits per heavy atom. The third-order valence-corrected chi connectivity index (χ3v) is 6.23. The van der Waals surface area contributed by atoms with E-state index in [4.69, 9.17) is 10.1 Å². The Hall–Kier alpha value is -3.39. The summed E-state index contributed by atoms with van der Waals surface area (Å²) < 4.78 is 6.90. The number of ether oxygens (including phenoxy) is 1. The lowest BCUT2D eigenvalue weighted by Crippen LogP contribution is -2.37. The lowest BCUT2D eigenvalue weighted by atomic mass is 10.1. The number of aryl methyl sites for hydroxylation is 1. The highest BCUT2D eigenvalue weighted by molar-refractivity contribution is 8.18. The van der Waals surface area contributed by atoms with E-state index >= 15 is 0 Å². The van der Waals surface area contributed by atoms with Gasteiger partial charge in [0.1, 0.15) is 10.7 Å². The average molecular weight is 420 g/mol. The SMILES string of the molecule is COC(=O)C1=C(C)N2C(=N)/C(=C/c3cc(C)n(-c4ccccc4)c3C)C(=O)N=C2S1. The normalized spacial score (nSPS) is 17.5. The van der Waals surface area contributed by atoms with E-state index in [1.54, 1.807) is 13.0 Å². The fourth-order valence-corrected chi connectivity index (χ4v) is 4.67. The van der Waals surface area contributed by atoms with E-state index in [1.807, 2.05) is 50.2 Å².